The lowest BCUT2D eigenvalue weighted by molar-refractivity contribution is -0.807. The Balaban J connectivity index is 1.43. The third kappa shape index (κ3) is 5.34. The Morgan fingerprint density at radius 3 is 2.57 bits per heavy atom. The first kappa shape index (κ1) is 31.9. The molecule has 4 saturated carbocycles. The van der Waals surface area contributed by atoms with Gasteiger partial charge in [0.25, 0.3) is 0 Å². The van der Waals surface area contributed by atoms with Crippen molar-refractivity contribution in [2.24, 2.45) is 46.3 Å². The third-order valence-corrected chi connectivity index (χ3v) is 11.8. The lowest BCUT2D eigenvalue weighted by Crippen LogP contribution is -2.61. The van der Waals surface area contributed by atoms with Crippen molar-refractivity contribution in [2.45, 2.75) is 129 Å². The zero-order valence-electron chi connectivity index (χ0n) is 25.7. The van der Waals surface area contributed by atoms with E-state index in [2.05, 4.69) is 18.5 Å². The smallest absolute Gasteiger partial charge is 0.306 e. The molecule has 10 nitrogen and oxygen atoms in total. The van der Waals surface area contributed by atoms with E-state index < -0.39 is 60.6 Å². The van der Waals surface area contributed by atoms with Crippen LogP contribution >= 0.6 is 0 Å². The molecule has 5 rings (SSSR count). The van der Waals surface area contributed by atoms with Crippen molar-refractivity contribution in [3.8, 4) is 0 Å². The van der Waals surface area contributed by atoms with Crippen LogP contribution in [0.25, 0.3) is 0 Å². The summed E-state index contributed by atoms with van der Waals surface area (Å²) in [5.74, 6) is -1.76. The van der Waals surface area contributed by atoms with Gasteiger partial charge in [-0.15, -0.1) is 0 Å². The molecule has 238 valence electrons. The molecule has 13 atom stereocenters. The average Bonchev–Trinajstić information content (AvgIpc) is 3.10. The predicted molar refractivity (Wildman–Crippen MR) is 148 cm³/mol. The molecular formula is C32H49O10-. The van der Waals surface area contributed by atoms with Crippen LogP contribution in [0.15, 0.2) is 12.2 Å². The van der Waals surface area contributed by atoms with Crippen molar-refractivity contribution in [1.29, 1.82) is 0 Å². The van der Waals surface area contributed by atoms with E-state index in [0.29, 0.717) is 25.2 Å². The number of hydrogen-bond acceptors (Lipinski definition) is 9. The lowest BCUT2D eigenvalue weighted by Gasteiger charge is -2.62. The first-order valence-corrected chi connectivity index (χ1v) is 15.9. The maximum absolute atomic E-state index is 12.8. The fourth-order valence-electron chi connectivity index (χ4n) is 9.95. The van der Waals surface area contributed by atoms with E-state index in [1.54, 1.807) is 0 Å². The van der Waals surface area contributed by atoms with Gasteiger partial charge in [-0.25, -0.2) is 4.89 Å². The molecule has 2 bridgehead atoms. The number of carbonyl (C=O) groups excluding carboxylic acids is 1. The third-order valence-electron chi connectivity index (χ3n) is 11.8. The molecule has 12 unspecified atom stereocenters. The van der Waals surface area contributed by atoms with Gasteiger partial charge in [0.1, 0.15) is 6.10 Å². The van der Waals surface area contributed by atoms with Gasteiger partial charge in [-0.05, 0) is 86.0 Å². The van der Waals surface area contributed by atoms with Gasteiger partial charge in [-0.1, -0.05) is 41.2 Å². The first-order valence-electron chi connectivity index (χ1n) is 15.9. The molecular weight excluding hydrogens is 544 g/mol. The fraction of sp³-hybridized carbons (Fsp3) is 0.875. The highest BCUT2D eigenvalue weighted by molar-refractivity contribution is 5.71. The summed E-state index contributed by atoms with van der Waals surface area (Å²) in [6.45, 7) is 14.0. The summed E-state index contributed by atoms with van der Waals surface area (Å²) in [6, 6.07) is 0. The molecule has 0 amide bonds. The number of aliphatic carboxylic acids is 1. The second-order valence-corrected chi connectivity index (χ2v) is 14.5. The average molecular weight is 594 g/mol. The van der Waals surface area contributed by atoms with Gasteiger partial charge in [-0.2, -0.15) is 0 Å². The number of carbonyl (C=O) groups is 2. The van der Waals surface area contributed by atoms with Gasteiger partial charge in [-0.3, -0.25) is 14.6 Å². The highest BCUT2D eigenvalue weighted by Gasteiger charge is 2.67. The number of fused-ring (bicyclic) bond motifs is 3. The predicted octanol–water partition coefficient (Wildman–Crippen LogP) is 3.94. The van der Waals surface area contributed by atoms with Crippen LogP contribution in [0.1, 0.15) is 92.4 Å². The van der Waals surface area contributed by atoms with Crippen LogP contribution in [-0.2, 0) is 33.7 Å². The van der Waals surface area contributed by atoms with Crippen molar-refractivity contribution in [3.63, 3.8) is 0 Å². The maximum Gasteiger partial charge on any atom is 0.306 e. The Bertz CT molecular complexity index is 1030. The molecule has 10 heteroatoms. The number of carboxylic acid groups (broad SMARTS) is 1. The minimum Gasteiger partial charge on any atom is -0.692 e. The van der Waals surface area contributed by atoms with Gasteiger partial charge in [0, 0.05) is 17.8 Å². The van der Waals surface area contributed by atoms with Crippen LogP contribution in [0, 0.1) is 46.3 Å². The van der Waals surface area contributed by atoms with E-state index in [-0.39, 0.29) is 35.0 Å². The Labute approximate surface area is 248 Å². The summed E-state index contributed by atoms with van der Waals surface area (Å²) < 4.78 is 18.9. The van der Waals surface area contributed by atoms with Crippen molar-refractivity contribution >= 4 is 11.9 Å². The normalized spacial score (nSPS) is 46.7. The molecule has 4 aliphatic carbocycles. The number of rotatable bonds is 9. The van der Waals surface area contributed by atoms with Crippen molar-refractivity contribution < 1.29 is 49.2 Å². The standard InChI is InChI=1S/C32H50O10/c1-7-23-26(41-42-37)18(5)27(40-25(33)12-16(2)3)30(39-23)38-20-13-21(29(35)36)22-10-11-32-14-19(17(4)28(32)34)8-9-24(32)31(22,6)15-20/h16,18-24,26-28,30,34,37H,4,7-15H2,1-3,5-6H3,(H,35,36)/p-1/t18-,19?,20?,21?,22?,23?,24?,26?,27?,28?,30?,31?,32?/m1/s1. The quantitative estimate of drug-likeness (QED) is 0.133. The second kappa shape index (κ2) is 12.1. The van der Waals surface area contributed by atoms with Crippen LogP contribution in [0.2, 0.25) is 0 Å². The van der Waals surface area contributed by atoms with Crippen molar-refractivity contribution in [2.75, 3.05) is 0 Å². The minimum atomic E-state index is -0.961. The number of carboxylic acids is 1. The summed E-state index contributed by atoms with van der Waals surface area (Å²) in [7, 11) is 0. The molecule has 5 aliphatic rings. The number of hydrogen-bond donors (Lipinski definition) is 2. The highest BCUT2D eigenvalue weighted by Crippen LogP contribution is 2.70. The first-order chi connectivity index (χ1) is 19.9. The monoisotopic (exact) mass is 593 g/mol. The number of ether oxygens (including phenoxy) is 3. The molecule has 1 heterocycles. The van der Waals surface area contributed by atoms with Crippen molar-refractivity contribution in [1.82, 2.24) is 0 Å². The van der Waals surface area contributed by atoms with E-state index in [9.17, 15) is 25.1 Å². The fourth-order valence-corrected chi connectivity index (χ4v) is 9.95. The molecule has 1 spiro atoms. The van der Waals surface area contributed by atoms with Gasteiger partial charge >= 0.3 is 11.9 Å². The van der Waals surface area contributed by atoms with E-state index >= 15 is 0 Å². The zero-order valence-corrected chi connectivity index (χ0v) is 25.7. The van der Waals surface area contributed by atoms with E-state index in [1.807, 2.05) is 27.7 Å². The summed E-state index contributed by atoms with van der Waals surface area (Å²) in [4.78, 5) is 30.6. The van der Waals surface area contributed by atoms with Gasteiger partial charge in [0.15, 0.2) is 12.4 Å². The molecule has 2 N–H and O–H groups in total. The summed E-state index contributed by atoms with van der Waals surface area (Å²) in [5.41, 5.74) is 0.312. The van der Waals surface area contributed by atoms with Gasteiger partial charge in [0.05, 0.1) is 24.2 Å². The highest BCUT2D eigenvalue weighted by atomic mass is 17.5. The van der Waals surface area contributed by atoms with Crippen LogP contribution in [-0.4, -0.2) is 59.0 Å². The SMILES string of the molecule is C=C1C2CCC3C4(C)CC(OC5OC(CC)C(OO[O-])[C@@H](C)C5OC(=O)CC(C)C)CC(C(=O)O)C4CCC3(C2)C1O. The molecule has 42 heavy (non-hydrogen) atoms. The molecule has 1 saturated heterocycles. The molecule has 0 radical (unpaired) electrons. The van der Waals surface area contributed by atoms with Crippen LogP contribution < -0.4 is 5.26 Å². The largest absolute Gasteiger partial charge is 0.692 e. The Kier molecular flexibility index (Phi) is 9.17. The summed E-state index contributed by atoms with van der Waals surface area (Å²) in [6.07, 6.45) is 1.88. The zero-order chi connectivity index (χ0) is 30.6. The second-order valence-electron chi connectivity index (χ2n) is 14.5. The Hall–Kier alpha value is -1.56. The molecule has 0 aromatic heterocycles. The van der Waals surface area contributed by atoms with Gasteiger partial charge in [0.2, 0.25) is 0 Å². The molecule has 5 fully saturated rings. The lowest BCUT2D eigenvalue weighted by atomic mass is 9.43. The minimum absolute atomic E-state index is 0.0238. The maximum atomic E-state index is 12.8. The van der Waals surface area contributed by atoms with E-state index in [4.69, 9.17) is 19.1 Å². The molecule has 1 aliphatic heterocycles. The summed E-state index contributed by atoms with van der Waals surface area (Å²) in [5, 5.41) is 36.6. The molecule has 0 aromatic carbocycles. The van der Waals surface area contributed by atoms with Gasteiger partial charge < -0.3 is 29.7 Å². The van der Waals surface area contributed by atoms with Crippen LogP contribution in [0.5, 0.6) is 0 Å². The number of aliphatic hydroxyl groups is 1. The summed E-state index contributed by atoms with van der Waals surface area (Å²) >= 11 is 0. The number of aliphatic hydroxyl groups excluding tert-OH is 1. The Morgan fingerprint density at radius 2 is 1.93 bits per heavy atom. The topological polar surface area (TPSA) is 144 Å². The van der Waals surface area contributed by atoms with Crippen molar-refractivity contribution in [3.05, 3.63) is 12.2 Å². The van der Waals surface area contributed by atoms with Crippen LogP contribution in [0.4, 0.5) is 0 Å². The Morgan fingerprint density at radius 1 is 1.19 bits per heavy atom. The van der Waals surface area contributed by atoms with E-state index in [1.165, 1.54) is 0 Å². The molecule has 0 aromatic rings. The number of esters is 1. The van der Waals surface area contributed by atoms with E-state index in [0.717, 1.165) is 37.7 Å². The van der Waals surface area contributed by atoms with Crippen LogP contribution in [0.3, 0.4) is 0 Å².